The molecule has 0 spiro atoms. The lowest BCUT2D eigenvalue weighted by atomic mass is 10.2. The molecule has 32 heavy (non-hydrogen) atoms. The van der Waals surface area contributed by atoms with Crippen molar-refractivity contribution in [2.45, 2.75) is 17.5 Å². The normalized spacial score (nSPS) is 11.0. The Balaban J connectivity index is 1.42. The van der Waals surface area contributed by atoms with E-state index in [2.05, 4.69) is 20.3 Å². The summed E-state index contributed by atoms with van der Waals surface area (Å²) < 4.78 is 21.8. The summed E-state index contributed by atoms with van der Waals surface area (Å²) in [5.74, 6) is 1.58. The lowest BCUT2D eigenvalue weighted by molar-refractivity contribution is 0.391. The molecule has 0 aliphatic rings. The van der Waals surface area contributed by atoms with Crippen molar-refractivity contribution in [3.8, 4) is 22.8 Å². The molecular formula is C24H18FN5OS. The van der Waals surface area contributed by atoms with Crippen LogP contribution in [0, 0.1) is 5.82 Å². The second-order valence-electron chi connectivity index (χ2n) is 7.02. The first-order chi connectivity index (χ1) is 15.8. The van der Waals surface area contributed by atoms with Gasteiger partial charge in [-0.25, -0.2) is 4.39 Å². The van der Waals surface area contributed by atoms with Crippen molar-refractivity contribution in [3.05, 3.63) is 102 Å². The van der Waals surface area contributed by atoms with Gasteiger partial charge in [0.15, 0.2) is 11.0 Å². The van der Waals surface area contributed by atoms with Crippen LogP contribution in [0.1, 0.15) is 11.5 Å². The van der Waals surface area contributed by atoms with Crippen LogP contribution in [0.15, 0.2) is 94.6 Å². The summed E-state index contributed by atoms with van der Waals surface area (Å²) in [7, 11) is 0. The smallest absolute Gasteiger partial charge is 0.237 e. The largest absolute Gasteiger partial charge is 0.338 e. The van der Waals surface area contributed by atoms with Gasteiger partial charge in [0.05, 0.1) is 17.9 Å². The Hall–Kier alpha value is -3.78. The SMILES string of the molecule is Fc1ccccc1-c1nnc(SCc2nc(-c3ccccc3)no2)n1Cc1ccccc1. The molecule has 0 radical (unpaired) electrons. The summed E-state index contributed by atoms with van der Waals surface area (Å²) in [5.41, 5.74) is 2.37. The Morgan fingerprint density at radius 1 is 0.844 bits per heavy atom. The zero-order chi connectivity index (χ0) is 21.8. The van der Waals surface area contributed by atoms with E-state index in [4.69, 9.17) is 4.52 Å². The fourth-order valence-electron chi connectivity index (χ4n) is 3.29. The van der Waals surface area contributed by atoms with E-state index in [1.165, 1.54) is 17.8 Å². The highest BCUT2D eigenvalue weighted by atomic mass is 32.2. The number of benzene rings is 3. The number of thioether (sulfide) groups is 1. The Morgan fingerprint density at radius 3 is 2.34 bits per heavy atom. The summed E-state index contributed by atoms with van der Waals surface area (Å²) in [6.45, 7) is 0.513. The average Bonchev–Trinajstić information content (AvgIpc) is 3.47. The highest BCUT2D eigenvalue weighted by molar-refractivity contribution is 7.98. The van der Waals surface area contributed by atoms with E-state index < -0.39 is 0 Å². The lowest BCUT2D eigenvalue weighted by Crippen LogP contribution is -2.05. The summed E-state index contributed by atoms with van der Waals surface area (Å²) in [6.07, 6.45) is 0. The third-order valence-corrected chi connectivity index (χ3v) is 5.79. The Labute approximate surface area is 188 Å². The standard InChI is InChI=1S/C24H18FN5OS/c25-20-14-8-7-13-19(20)23-27-28-24(30(23)15-17-9-3-1-4-10-17)32-16-21-26-22(29-31-21)18-11-5-2-6-12-18/h1-14H,15-16H2. The van der Waals surface area contributed by atoms with Gasteiger partial charge in [-0.15, -0.1) is 10.2 Å². The number of hydrogen-bond donors (Lipinski definition) is 0. The lowest BCUT2D eigenvalue weighted by Gasteiger charge is -2.10. The van der Waals surface area contributed by atoms with Gasteiger partial charge < -0.3 is 4.52 Å². The van der Waals surface area contributed by atoms with Crippen molar-refractivity contribution in [2.75, 3.05) is 0 Å². The van der Waals surface area contributed by atoms with Crippen LogP contribution in [-0.2, 0) is 12.3 Å². The Morgan fingerprint density at radius 2 is 1.56 bits per heavy atom. The van der Waals surface area contributed by atoms with Crippen molar-refractivity contribution >= 4 is 11.8 Å². The number of rotatable bonds is 7. The molecule has 0 amide bonds. The quantitative estimate of drug-likeness (QED) is 0.311. The molecule has 0 unspecified atom stereocenters. The monoisotopic (exact) mass is 443 g/mol. The summed E-state index contributed by atoms with van der Waals surface area (Å²) >= 11 is 1.42. The molecule has 0 fully saturated rings. The van der Waals surface area contributed by atoms with Crippen LogP contribution < -0.4 is 0 Å². The molecule has 2 heterocycles. The van der Waals surface area contributed by atoms with Gasteiger partial charge in [0.2, 0.25) is 11.7 Å². The van der Waals surface area contributed by atoms with Crippen LogP contribution in [0.4, 0.5) is 4.39 Å². The maximum atomic E-state index is 14.5. The zero-order valence-corrected chi connectivity index (χ0v) is 17.7. The molecule has 0 aliphatic carbocycles. The Kier molecular flexibility index (Phi) is 5.76. The molecule has 5 rings (SSSR count). The van der Waals surface area contributed by atoms with Crippen LogP contribution in [0.2, 0.25) is 0 Å². The molecule has 2 aromatic heterocycles. The first-order valence-corrected chi connectivity index (χ1v) is 11.0. The van der Waals surface area contributed by atoms with Gasteiger partial charge in [0.25, 0.3) is 0 Å². The fraction of sp³-hybridized carbons (Fsp3) is 0.0833. The predicted molar refractivity (Wildman–Crippen MR) is 120 cm³/mol. The van der Waals surface area contributed by atoms with Gasteiger partial charge in [0.1, 0.15) is 5.82 Å². The van der Waals surface area contributed by atoms with Crippen molar-refractivity contribution in [1.82, 2.24) is 24.9 Å². The molecule has 5 aromatic rings. The van der Waals surface area contributed by atoms with Crippen molar-refractivity contribution in [1.29, 1.82) is 0 Å². The van der Waals surface area contributed by atoms with Crippen molar-refractivity contribution < 1.29 is 8.91 Å². The van der Waals surface area contributed by atoms with Gasteiger partial charge in [0, 0.05) is 5.56 Å². The molecule has 0 saturated heterocycles. The topological polar surface area (TPSA) is 69.6 Å². The molecule has 6 nitrogen and oxygen atoms in total. The van der Waals surface area contributed by atoms with E-state index in [0.29, 0.717) is 40.6 Å². The van der Waals surface area contributed by atoms with Gasteiger partial charge in [-0.2, -0.15) is 4.98 Å². The van der Waals surface area contributed by atoms with E-state index in [9.17, 15) is 4.39 Å². The number of nitrogens with zero attached hydrogens (tertiary/aromatic N) is 5. The highest BCUT2D eigenvalue weighted by Crippen LogP contribution is 2.29. The zero-order valence-electron chi connectivity index (χ0n) is 16.9. The molecule has 0 N–H and O–H groups in total. The molecule has 158 valence electrons. The van der Waals surface area contributed by atoms with Gasteiger partial charge in [-0.1, -0.05) is 89.7 Å². The molecule has 0 saturated carbocycles. The number of hydrogen-bond acceptors (Lipinski definition) is 6. The third kappa shape index (κ3) is 4.31. The Bertz CT molecular complexity index is 1320. The first kappa shape index (κ1) is 20.1. The van der Waals surface area contributed by atoms with Crippen molar-refractivity contribution in [2.24, 2.45) is 0 Å². The fourth-order valence-corrected chi connectivity index (χ4v) is 4.07. The minimum absolute atomic E-state index is 0.338. The summed E-state index contributed by atoms with van der Waals surface area (Å²) in [6, 6.07) is 26.2. The van der Waals surface area contributed by atoms with Crippen LogP contribution in [0.5, 0.6) is 0 Å². The number of aromatic nitrogens is 5. The van der Waals surface area contributed by atoms with Crippen LogP contribution in [-0.4, -0.2) is 24.9 Å². The molecule has 0 atom stereocenters. The van der Waals surface area contributed by atoms with Gasteiger partial charge in [-0.3, -0.25) is 4.57 Å². The minimum atomic E-state index is -0.338. The first-order valence-electron chi connectivity index (χ1n) is 10.0. The van der Waals surface area contributed by atoms with Gasteiger partial charge >= 0.3 is 0 Å². The molecule has 8 heteroatoms. The second-order valence-corrected chi connectivity index (χ2v) is 7.97. The minimum Gasteiger partial charge on any atom is -0.338 e. The van der Waals surface area contributed by atoms with E-state index in [-0.39, 0.29) is 5.82 Å². The van der Waals surface area contributed by atoms with Crippen LogP contribution >= 0.6 is 11.8 Å². The summed E-state index contributed by atoms with van der Waals surface area (Å²) in [4.78, 5) is 4.47. The van der Waals surface area contributed by atoms with E-state index >= 15 is 0 Å². The van der Waals surface area contributed by atoms with E-state index in [1.54, 1.807) is 18.2 Å². The van der Waals surface area contributed by atoms with Gasteiger partial charge in [-0.05, 0) is 17.7 Å². The second kappa shape index (κ2) is 9.15. The van der Waals surface area contributed by atoms with E-state index in [1.807, 2.05) is 65.2 Å². The van der Waals surface area contributed by atoms with E-state index in [0.717, 1.165) is 11.1 Å². The molecular weight excluding hydrogens is 425 g/mol. The highest BCUT2D eigenvalue weighted by Gasteiger charge is 2.18. The predicted octanol–water partition coefficient (Wildman–Crippen LogP) is 5.47. The third-order valence-electron chi connectivity index (χ3n) is 4.84. The maximum Gasteiger partial charge on any atom is 0.237 e. The summed E-state index contributed by atoms with van der Waals surface area (Å²) in [5, 5.41) is 13.3. The van der Waals surface area contributed by atoms with Crippen LogP contribution in [0.25, 0.3) is 22.8 Å². The molecule has 3 aromatic carbocycles. The van der Waals surface area contributed by atoms with Crippen LogP contribution in [0.3, 0.4) is 0 Å². The van der Waals surface area contributed by atoms with Crippen molar-refractivity contribution in [3.63, 3.8) is 0 Å². The molecule has 0 bridgehead atoms. The molecule has 0 aliphatic heterocycles. The number of halogens is 1. The maximum absolute atomic E-state index is 14.5. The average molecular weight is 444 g/mol.